The number of carbonyl (C=O) groups is 1. The van der Waals surface area contributed by atoms with Gasteiger partial charge in [-0.1, -0.05) is 30.3 Å². The fourth-order valence-electron chi connectivity index (χ4n) is 2.31. The van der Waals surface area contributed by atoms with Crippen molar-refractivity contribution in [2.24, 2.45) is 5.10 Å². The zero-order valence-electron chi connectivity index (χ0n) is 15.3. The van der Waals surface area contributed by atoms with Crippen LogP contribution in [0.25, 0.3) is 0 Å². The highest BCUT2D eigenvalue weighted by Crippen LogP contribution is 2.45. The van der Waals surface area contributed by atoms with Gasteiger partial charge in [0.2, 0.25) is 13.3 Å². The molecule has 0 heterocycles. The van der Waals surface area contributed by atoms with Crippen molar-refractivity contribution < 1.29 is 13.9 Å². The second-order valence-corrected chi connectivity index (χ2v) is 8.78. The third-order valence-electron chi connectivity index (χ3n) is 3.69. The van der Waals surface area contributed by atoms with E-state index in [1.54, 1.807) is 12.1 Å². The van der Waals surface area contributed by atoms with Crippen molar-refractivity contribution in [3.05, 3.63) is 60.2 Å². The number of amides is 1. The number of nitrogens with one attached hydrogen (secondary N) is 1. The number of carbonyl (C=O) groups excluding carboxylic acids is 1. The summed E-state index contributed by atoms with van der Waals surface area (Å²) in [6.45, 7) is 0.0921. The normalized spacial score (nSPS) is 13.3. The maximum Gasteiger partial charge on any atom is 0.250 e. The van der Waals surface area contributed by atoms with Crippen molar-refractivity contribution in [1.82, 2.24) is 5.43 Å². The summed E-state index contributed by atoms with van der Waals surface area (Å²) in [4.78, 5) is 14.2. The summed E-state index contributed by atoms with van der Waals surface area (Å²) in [7, 11) is 0.431. The molecule has 0 aliphatic rings. The molecule has 0 fully saturated rings. The molecular formula is C19H23ClN3O3P. The van der Waals surface area contributed by atoms with E-state index in [4.69, 9.17) is 16.1 Å². The molecule has 2 rings (SSSR count). The third-order valence-corrected chi connectivity index (χ3v) is 6.23. The lowest BCUT2D eigenvalue weighted by Gasteiger charge is -2.19. The number of hydrogen-bond acceptors (Lipinski definition) is 5. The van der Waals surface area contributed by atoms with Gasteiger partial charge in [-0.05, 0) is 29.8 Å². The first kappa shape index (κ1) is 21.2. The SMILES string of the molecule is CN(C)c1ccc(P(=O)(CC(=O)N/N=C/c2ccccc2)OCCCl)cc1. The van der Waals surface area contributed by atoms with Gasteiger partial charge in [0.1, 0.15) is 6.16 Å². The molecule has 1 atom stereocenters. The monoisotopic (exact) mass is 407 g/mol. The van der Waals surface area contributed by atoms with E-state index in [0.29, 0.717) is 5.30 Å². The van der Waals surface area contributed by atoms with Gasteiger partial charge in [0.15, 0.2) is 0 Å². The highest BCUT2D eigenvalue weighted by molar-refractivity contribution is 7.67. The first-order valence-corrected chi connectivity index (χ1v) is 10.7. The summed E-state index contributed by atoms with van der Waals surface area (Å²) in [5.41, 5.74) is 4.20. The van der Waals surface area contributed by atoms with E-state index in [1.807, 2.05) is 61.5 Å². The van der Waals surface area contributed by atoms with E-state index in [2.05, 4.69) is 10.5 Å². The molecule has 27 heavy (non-hydrogen) atoms. The predicted octanol–water partition coefficient (Wildman–Crippen LogP) is 3.06. The molecule has 0 spiro atoms. The fraction of sp³-hybridized carbons (Fsp3) is 0.263. The van der Waals surface area contributed by atoms with Crippen LogP contribution in [0.5, 0.6) is 0 Å². The van der Waals surface area contributed by atoms with Gasteiger partial charge in [0, 0.05) is 31.0 Å². The van der Waals surface area contributed by atoms with Crippen molar-refractivity contribution in [1.29, 1.82) is 0 Å². The Morgan fingerprint density at radius 2 is 1.85 bits per heavy atom. The van der Waals surface area contributed by atoms with Crippen LogP contribution in [-0.4, -0.2) is 44.9 Å². The highest BCUT2D eigenvalue weighted by atomic mass is 35.5. The van der Waals surface area contributed by atoms with Crippen LogP contribution in [0.4, 0.5) is 5.69 Å². The van der Waals surface area contributed by atoms with E-state index in [-0.39, 0.29) is 18.6 Å². The summed E-state index contributed by atoms with van der Waals surface area (Å²) in [6.07, 6.45) is 1.21. The third kappa shape index (κ3) is 6.51. The van der Waals surface area contributed by atoms with Gasteiger partial charge < -0.3 is 9.42 Å². The molecule has 2 aromatic carbocycles. The molecule has 0 radical (unpaired) electrons. The lowest BCUT2D eigenvalue weighted by Crippen LogP contribution is -2.25. The second kappa shape index (κ2) is 10.3. The first-order valence-electron chi connectivity index (χ1n) is 8.39. The van der Waals surface area contributed by atoms with Crippen LogP contribution >= 0.6 is 19.0 Å². The molecule has 0 aliphatic carbocycles. The molecule has 0 saturated heterocycles. The molecule has 0 aliphatic heterocycles. The number of benzene rings is 2. The molecule has 8 heteroatoms. The Kier molecular flexibility index (Phi) is 8.04. The smallest absolute Gasteiger partial charge is 0.250 e. The van der Waals surface area contributed by atoms with E-state index in [1.165, 1.54) is 6.21 Å². The standard InChI is InChI=1S/C19H23ClN3O3P/c1-23(2)17-8-10-18(11-9-17)27(25,26-13-12-20)15-19(24)22-21-14-16-6-4-3-5-7-16/h3-11,14H,12-13,15H2,1-2H3,(H,22,24)/b21-14+. The zero-order valence-corrected chi connectivity index (χ0v) is 17.0. The summed E-state index contributed by atoms with van der Waals surface area (Å²) in [5, 5.41) is 4.38. The maximum atomic E-state index is 13.3. The Hall–Kier alpha value is -2.14. The maximum absolute atomic E-state index is 13.3. The average molecular weight is 408 g/mol. The molecule has 1 N–H and O–H groups in total. The van der Waals surface area contributed by atoms with Crippen LogP contribution in [0.3, 0.4) is 0 Å². The Labute approximate surface area is 164 Å². The minimum absolute atomic E-state index is 0.0921. The van der Waals surface area contributed by atoms with Gasteiger partial charge in [-0.2, -0.15) is 5.10 Å². The van der Waals surface area contributed by atoms with Crippen molar-refractivity contribution in [3.63, 3.8) is 0 Å². The Morgan fingerprint density at radius 1 is 1.19 bits per heavy atom. The molecule has 0 saturated carbocycles. The highest BCUT2D eigenvalue weighted by Gasteiger charge is 2.29. The van der Waals surface area contributed by atoms with E-state index < -0.39 is 13.3 Å². The van der Waals surface area contributed by atoms with E-state index in [0.717, 1.165) is 11.3 Å². The van der Waals surface area contributed by atoms with Crippen LogP contribution in [-0.2, 0) is 13.9 Å². The molecule has 144 valence electrons. The lowest BCUT2D eigenvalue weighted by atomic mass is 10.2. The van der Waals surface area contributed by atoms with Gasteiger partial charge in [0.25, 0.3) is 0 Å². The Morgan fingerprint density at radius 3 is 2.44 bits per heavy atom. The molecule has 2 aromatic rings. The van der Waals surface area contributed by atoms with Crippen LogP contribution in [0.1, 0.15) is 5.56 Å². The summed E-state index contributed by atoms with van der Waals surface area (Å²) in [5.74, 6) is -0.301. The topological polar surface area (TPSA) is 71.0 Å². The second-order valence-electron chi connectivity index (χ2n) is 5.97. The summed E-state index contributed by atoms with van der Waals surface area (Å²) >= 11 is 5.67. The van der Waals surface area contributed by atoms with Crippen LogP contribution in [0, 0.1) is 0 Å². The zero-order chi connectivity index (χ0) is 19.7. The van der Waals surface area contributed by atoms with Gasteiger partial charge in [-0.15, -0.1) is 11.6 Å². The minimum atomic E-state index is -3.40. The lowest BCUT2D eigenvalue weighted by molar-refractivity contribution is -0.118. The predicted molar refractivity (Wildman–Crippen MR) is 112 cm³/mol. The molecule has 1 unspecified atom stereocenters. The number of alkyl halides is 1. The van der Waals surface area contributed by atoms with Gasteiger partial charge >= 0.3 is 0 Å². The summed E-state index contributed by atoms with van der Waals surface area (Å²) in [6, 6.07) is 16.4. The number of halogens is 1. The molecule has 0 bridgehead atoms. The van der Waals surface area contributed by atoms with Crippen LogP contribution in [0.15, 0.2) is 59.7 Å². The van der Waals surface area contributed by atoms with E-state index >= 15 is 0 Å². The van der Waals surface area contributed by atoms with Gasteiger partial charge in [0.05, 0.1) is 12.8 Å². The average Bonchev–Trinajstić information content (AvgIpc) is 2.67. The van der Waals surface area contributed by atoms with Gasteiger partial charge in [-0.3, -0.25) is 9.36 Å². The van der Waals surface area contributed by atoms with Gasteiger partial charge in [-0.25, -0.2) is 5.43 Å². The van der Waals surface area contributed by atoms with Crippen LogP contribution < -0.4 is 15.6 Å². The number of anilines is 1. The van der Waals surface area contributed by atoms with Crippen molar-refractivity contribution in [2.45, 2.75) is 0 Å². The number of hydrogen-bond donors (Lipinski definition) is 1. The quantitative estimate of drug-likeness (QED) is 0.300. The molecule has 6 nitrogen and oxygen atoms in total. The van der Waals surface area contributed by atoms with Crippen molar-refractivity contribution in [3.8, 4) is 0 Å². The van der Waals surface area contributed by atoms with E-state index in [9.17, 15) is 9.36 Å². The number of nitrogens with zero attached hydrogens (tertiary/aromatic N) is 2. The first-order chi connectivity index (χ1) is 12.9. The van der Waals surface area contributed by atoms with Crippen molar-refractivity contribution >= 4 is 42.1 Å². The number of rotatable bonds is 9. The Bertz CT molecular complexity index is 811. The molecule has 1 amide bonds. The Balaban J connectivity index is 2.09. The molecule has 0 aromatic heterocycles. The van der Waals surface area contributed by atoms with Crippen LogP contribution in [0.2, 0.25) is 0 Å². The summed E-state index contributed by atoms with van der Waals surface area (Å²) < 4.78 is 18.8. The largest absolute Gasteiger partial charge is 0.378 e. The molecular weight excluding hydrogens is 385 g/mol. The van der Waals surface area contributed by atoms with Crippen molar-refractivity contribution in [2.75, 3.05) is 37.6 Å². The fourth-order valence-corrected chi connectivity index (χ4v) is 4.36. The minimum Gasteiger partial charge on any atom is -0.378 e. The number of hydrazone groups is 1.